The number of nitrogens with zero attached hydrogens (tertiary/aromatic N) is 2. The molecule has 2 heterocycles. The van der Waals surface area contributed by atoms with Gasteiger partial charge in [-0.3, -0.25) is 9.19 Å². The summed E-state index contributed by atoms with van der Waals surface area (Å²) in [6, 6.07) is 12.2. The van der Waals surface area contributed by atoms with E-state index in [0.717, 1.165) is 49.4 Å². The van der Waals surface area contributed by atoms with E-state index in [1.807, 2.05) is 30.6 Å². The lowest BCUT2D eigenvalue weighted by Gasteiger charge is -2.31. The lowest BCUT2D eigenvalue weighted by Crippen LogP contribution is -2.38. The van der Waals surface area contributed by atoms with Gasteiger partial charge in [-0.15, -0.1) is 0 Å². The fourth-order valence-electron chi connectivity index (χ4n) is 3.15. The second kappa shape index (κ2) is 7.84. The van der Waals surface area contributed by atoms with E-state index < -0.39 is 10.8 Å². The van der Waals surface area contributed by atoms with Crippen LogP contribution in [-0.2, 0) is 17.2 Å². The first-order chi connectivity index (χ1) is 11.2. The van der Waals surface area contributed by atoms with Gasteiger partial charge in [0.05, 0.1) is 10.8 Å². The van der Waals surface area contributed by atoms with Crippen LogP contribution in [0.15, 0.2) is 53.7 Å². The van der Waals surface area contributed by atoms with Crippen LogP contribution in [0.1, 0.15) is 24.0 Å². The standard InChI is InChI=1S/C19H24N2OS/c1-16-4-2-3-5-19(16)23(22)18-9-14-21(15-10-18)13-8-17-6-11-20-12-7-17/h2-7,11-12,18H,8-10,13-15H2,1H3. The number of pyridine rings is 1. The molecule has 0 bridgehead atoms. The molecule has 1 saturated heterocycles. The zero-order chi connectivity index (χ0) is 16.1. The molecule has 0 radical (unpaired) electrons. The van der Waals surface area contributed by atoms with Gasteiger partial charge in [0.2, 0.25) is 0 Å². The first-order valence-corrected chi connectivity index (χ1v) is 9.53. The van der Waals surface area contributed by atoms with Gasteiger partial charge in [-0.2, -0.15) is 0 Å². The van der Waals surface area contributed by atoms with Crippen LogP contribution in [0.4, 0.5) is 0 Å². The Labute approximate surface area is 141 Å². The Morgan fingerprint density at radius 2 is 1.83 bits per heavy atom. The van der Waals surface area contributed by atoms with Crippen molar-refractivity contribution in [2.24, 2.45) is 0 Å². The second-order valence-electron chi connectivity index (χ2n) is 6.21. The summed E-state index contributed by atoms with van der Waals surface area (Å²) in [5, 5.41) is 0.299. The first kappa shape index (κ1) is 16.3. The maximum Gasteiger partial charge on any atom is 0.0564 e. The van der Waals surface area contributed by atoms with Crippen molar-refractivity contribution in [1.82, 2.24) is 9.88 Å². The summed E-state index contributed by atoms with van der Waals surface area (Å²) in [5.74, 6) is 0. The number of benzene rings is 1. The van der Waals surface area contributed by atoms with Crippen molar-refractivity contribution in [1.29, 1.82) is 0 Å². The summed E-state index contributed by atoms with van der Waals surface area (Å²) in [6.07, 6.45) is 6.82. The highest BCUT2D eigenvalue weighted by atomic mass is 32.2. The normalized spacial score (nSPS) is 18.0. The summed E-state index contributed by atoms with van der Waals surface area (Å²) in [6.45, 7) is 5.23. The number of aryl methyl sites for hydroxylation is 1. The third-order valence-corrected chi connectivity index (χ3v) is 6.58. The molecule has 1 fully saturated rings. The van der Waals surface area contributed by atoms with Crippen molar-refractivity contribution in [2.75, 3.05) is 19.6 Å². The van der Waals surface area contributed by atoms with Gasteiger partial charge in [0, 0.05) is 29.1 Å². The molecule has 1 unspecified atom stereocenters. The minimum absolute atomic E-state index is 0.299. The maximum atomic E-state index is 12.8. The number of rotatable bonds is 5. The van der Waals surface area contributed by atoms with Gasteiger partial charge in [0.25, 0.3) is 0 Å². The smallest absolute Gasteiger partial charge is 0.0564 e. The highest BCUT2D eigenvalue weighted by molar-refractivity contribution is 7.85. The topological polar surface area (TPSA) is 33.2 Å². The molecular formula is C19H24N2OS. The number of hydrogen-bond acceptors (Lipinski definition) is 3. The number of piperidine rings is 1. The van der Waals surface area contributed by atoms with Crippen LogP contribution >= 0.6 is 0 Å². The molecule has 2 aromatic rings. The Kier molecular flexibility index (Phi) is 5.57. The molecule has 122 valence electrons. The van der Waals surface area contributed by atoms with Crippen LogP contribution < -0.4 is 0 Å². The van der Waals surface area contributed by atoms with Gasteiger partial charge in [-0.25, -0.2) is 0 Å². The minimum Gasteiger partial charge on any atom is -0.303 e. The predicted octanol–water partition coefficient (Wildman–Crippen LogP) is 3.20. The molecule has 0 spiro atoms. The van der Waals surface area contributed by atoms with Crippen molar-refractivity contribution >= 4 is 10.8 Å². The van der Waals surface area contributed by atoms with E-state index in [1.54, 1.807) is 0 Å². The molecule has 0 N–H and O–H groups in total. The number of hydrogen-bond donors (Lipinski definition) is 0. The van der Waals surface area contributed by atoms with Crippen LogP contribution in [0.5, 0.6) is 0 Å². The molecule has 3 nitrogen and oxygen atoms in total. The van der Waals surface area contributed by atoms with Gasteiger partial charge in [-0.1, -0.05) is 18.2 Å². The molecule has 1 aromatic heterocycles. The van der Waals surface area contributed by atoms with Crippen molar-refractivity contribution in [2.45, 2.75) is 36.3 Å². The van der Waals surface area contributed by atoms with Crippen molar-refractivity contribution in [3.63, 3.8) is 0 Å². The molecule has 1 atom stereocenters. The minimum atomic E-state index is -0.871. The van der Waals surface area contributed by atoms with Crippen molar-refractivity contribution in [3.8, 4) is 0 Å². The fraction of sp³-hybridized carbons (Fsp3) is 0.421. The van der Waals surface area contributed by atoms with Crippen LogP contribution in [-0.4, -0.2) is 39.0 Å². The average Bonchev–Trinajstić information content (AvgIpc) is 2.61. The average molecular weight is 328 g/mol. The summed E-state index contributed by atoms with van der Waals surface area (Å²) in [5.41, 5.74) is 2.48. The van der Waals surface area contributed by atoms with Gasteiger partial charge in [0.15, 0.2) is 0 Å². The molecule has 4 heteroatoms. The lowest BCUT2D eigenvalue weighted by atomic mass is 10.1. The number of likely N-dealkylation sites (tertiary alicyclic amines) is 1. The Morgan fingerprint density at radius 1 is 1.13 bits per heavy atom. The van der Waals surface area contributed by atoms with E-state index in [4.69, 9.17) is 0 Å². The molecule has 1 aliphatic rings. The summed E-state index contributed by atoms with van der Waals surface area (Å²) >= 11 is 0. The van der Waals surface area contributed by atoms with Crippen LogP contribution in [0.3, 0.4) is 0 Å². The highest BCUT2D eigenvalue weighted by Crippen LogP contribution is 2.23. The van der Waals surface area contributed by atoms with Gasteiger partial charge >= 0.3 is 0 Å². The maximum absolute atomic E-state index is 12.8. The third-order valence-electron chi connectivity index (χ3n) is 4.61. The highest BCUT2D eigenvalue weighted by Gasteiger charge is 2.25. The van der Waals surface area contributed by atoms with Crippen LogP contribution in [0.25, 0.3) is 0 Å². The summed E-state index contributed by atoms with van der Waals surface area (Å²) < 4.78 is 12.8. The molecule has 0 amide bonds. The van der Waals surface area contributed by atoms with Crippen molar-refractivity contribution in [3.05, 3.63) is 59.9 Å². The van der Waals surface area contributed by atoms with E-state index in [1.165, 1.54) is 5.56 Å². The monoisotopic (exact) mass is 328 g/mol. The van der Waals surface area contributed by atoms with Crippen LogP contribution in [0, 0.1) is 6.92 Å². The van der Waals surface area contributed by atoms with E-state index in [-0.39, 0.29) is 0 Å². The Bertz CT molecular complexity index is 651. The van der Waals surface area contributed by atoms with Crippen LogP contribution in [0.2, 0.25) is 0 Å². The van der Waals surface area contributed by atoms with Gasteiger partial charge < -0.3 is 4.90 Å². The summed E-state index contributed by atoms with van der Waals surface area (Å²) in [7, 11) is -0.871. The molecule has 1 aliphatic heterocycles. The van der Waals surface area contributed by atoms with Gasteiger partial charge in [-0.05, 0) is 68.6 Å². The lowest BCUT2D eigenvalue weighted by molar-refractivity contribution is 0.234. The van der Waals surface area contributed by atoms with E-state index in [0.29, 0.717) is 5.25 Å². The zero-order valence-electron chi connectivity index (χ0n) is 13.6. The summed E-state index contributed by atoms with van der Waals surface area (Å²) in [4.78, 5) is 7.57. The first-order valence-electron chi connectivity index (χ1n) is 8.31. The molecular weight excluding hydrogens is 304 g/mol. The largest absolute Gasteiger partial charge is 0.303 e. The zero-order valence-corrected chi connectivity index (χ0v) is 14.5. The van der Waals surface area contributed by atoms with E-state index in [9.17, 15) is 4.21 Å². The SMILES string of the molecule is Cc1ccccc1S(=O)C1CCN(CCc2ccncc2)CC1. The predicted molar refractivity (Wildman–Crippen MR) is 95.0 cm³/mol. The van der Waals surface area contributed by atoms with Gasteiger partial charge in [0.1, 0.15) is 0 Å². The van der Waals surface area contributed by atoms with E-state index in [2.05, 4.69) is 35.0 Å². The number of aromatic nitrogens is 1. The van der Waals surface area contributed by atoms with E-state index >= 15 is 0 Å². The molecule has 0 aliphatic carbocycles. The molecule has 23 heavy (non-hydrogen) atoms. The molecule has 0 saturated carbocycles. The second-order valence-corrected chi connectivity index (χ2v) is 7.91. The molecule has 3 rings (SSSR count). The fourth-order valence-corrected chi connectivity index (χ4v) is 4.74. The van der Waals surface area contributed by atoms with Crippen molar-refractivity contribution < 1.29 is 4.21 Å². The Hall–Kier alpha value is -1.52. The quantitative estimate of drug-likeness (QED) is 0.845. The Balaban J connectivity index is 1.50. The molecule has 1 aromatic carbocycles. The third kappa shape index (κ3) is 4.27. The Morgan fingerprint density at radius 3 is 2.52 bits per heavy atom.